The van der Waals surface area contributed by atoms with Gasteiger partial charge < -0.3 is 18.5 Å². The van der Waals surface area contributed by atoms with E-state index in [1.165, 1.54) is 0 Å². The molecule has 44 valence electrons. The first-order valence-electron chi connectivity index (χ1n) is 1.81. The molecule has 0 aliphatic heterocycles. The van der Waals surface area contributed by atoms with Gasteiger partial charge in [0.2, 0.25) is 4.77 Å². The van der Waals surface area contributed by atoms with E-state index >= 15 is 0 Å². The number of hydrogen-bond donors (Lipinski definition) is 2. The van der Waals surface area contributed by atoms with E-state index in [0.29, 0.717) is 4.77 Å². The SMILES string of the molecule is Nn1c([S-])n[nH]c1=S.[K+]. The molecule has 0 saturated heterocycles. The van der Waals surface area contributed by atoms with Crippen LogP contribution in [0.1, 0.15) is 0 Å². The number of aromatic amines is 1. The molecule has 1 rings (SSSR count). The molecular formula is C2H3KN4S2. The van der Waals surface area contributed by atoms with Crippen LogP contribution < -0.4 is 57.2 Å². The number of nitrogens with two attached hydrogens (primary N) is 1. The van der Waals surface area contributed by atoms with Crippen molar-refractivity contribution >= 4 is 24.8 Å². The maximum absolute atomic E-state index is 5.22. The Morgan fingerprint density at radius 1 is 1.78 bits per heavy atom. The number of nitrogen functional groups attached to an aromatic ring is 1. The number of nitrogens with zero attached hydrogens (tertiary/aromatic N) is 2. The summed E-state index contributed by atoms with van der Waals surface area (Å²) in [4.78, 5) is 0. The molecular weight excluding hydrogens is 183 g/mol. The Morgan fingerprint density at radius 2 is 2.33 bits per heavy atom. The summed E-state index contributed by atoms with van der Waals surface area (Å²) >= 11 is 9.23. The van der Waals surface area contributed by atoms with Crippen molar-refractivity contribution in [2.45, 2.75) is 5.16 Å². The van der Waals surface area contributed by atoms with Crippen LogP contribution in [0.2, 0.25) is 0 Å². The van der Waals surface area contributed by atoms with Gasteiger partial charge in [0.1, 0.15) is 0 Å². The third-order valence-electron chi connectivity index (χ3n) is 0.672. The van der Waals surface area contributed by atoms with E-state index < -0.39 is 0 Å². The molecule has 3 N–H and O–H groups in total. The molecule has 0 atom stereocenters. The van der Waals surface area contributed by atoms with Crippen LogP contribution in [0.15, 0.2) is 5.16 Å². The van der Waals surface area contributed by atoms with E-state index in [0.717, 1.165) is 4.68 Å². The summed E-state index contributed by atoms with van der Waals surface area (Å²) in [6, 6.07) is 0. The first kappa shape index (κ1) is 10.0. The van der Waals surface area contributed by atoms with Crippen molar-refractivity contribution in [3.05, 3.63) is 4.77 Å². The number of nitrogens with one attached hydrogen (secondary N) is 1. The Kier molecular flexibility index (Phi) is 4.47. The molecule has 0 aliphatic rings. The molecule has 0 aromatic carbocycles. The molecule has 9 heavy (non-hydrogen) atoms. The summed E-state index contributed by atoms with van der Waals surface area (Å²) in [5.41, 5.74) is 0. The Hall–Kier alpha value is 1.02. The van der Waals surface area contributed by atoms with Crippen molar-refractivity contribution in [1.29, 1.82) is 0 Å². The summed E-state index contributed by atoms with van der Waals surface area (Å²) in [6.45, 7) is 0. The first-order valence-corrected chi connectivity index (χ1v) is 2.63. The van der Waals surface area contributed by atoms with Crippen molar-refractivity contribution in [1.82, 2.24) is 14.9 Å². The van der Waals surface area contributed by atoms with Crippen LogP contribution in [0, 0.1) is 4.77 Å². The van der Waals surface area contributed by atoms with Gasteiger partial charge in [-0.1, -0.05) is 0 Å². The predicted octanol–water partition coefficient (Wildman–Crippen LogP) is -3.44. The average Bonchev–Trinajstić information content (AvgIpc) is 1.98. The number of aromatic nitrogens is 3. The van der Waals surface area contributed by atoms with Crippen LogP contribution in [0.5, 0.6) is 0 Å². The summed E-state index contributed by atoms with van der Waals surface area (Å²) in [7, 11) is 0. The van der Waals surface area contributed by atoms with Crippen molar-refractivity contribution in [3.63, 3.8) is 0 Å². The van der Waals surface area contributed by atoms with Crippen molar-refractivity contribution in [2.75, 3.05) is 5.84 Å². The van der Waals surface area contributed by atoms with Gasteiger partial charge in [-0.3, -0.25) is 5.10 Å². The summed E-state index contributed by atoms with van der Waals surface area (Å²) in [5, 5.41) is 6.25. The fourth-order valence-corrected chi connectivity index (χ4v) is 0.617. The zero-order chi connectivity index (χ0) is 6.15. The predicted molar refractivity (Wildman–Crippen MR) is 33.2 cm³/mol. The van der Waals surface area contributed by atoms with Crippen LogP contribution in [0.25, 0.3) is 0 Å². The van der Waals surface area contributed by atoms with E-state index in [1.54, 1.807) is 0 Å². The van der Waals surface area contributed by atoms with Crippen LogP contribution in [-0.2, 0) is 12.6 Å². The van der Waals surface area contributed by atoms with E-state index in [9.17, 15) is 0 Å². The molecule has 0 aliphatic carbocycles. The second-order valence-corrected chi connectivity index (χ2v) is 1.93. The van der Waals surface area contributed by atoms with Gasteiger partial charge in [-0.25, -0.2) is 4.68 Å². The van der Waals surface area contributed by atoms with Crippen LogP contribution >= 0.6 is 12.2 Å². The van der Waals surface area contributed by atoms with Gasteiger partial charge in [0.05, 0.1) is 0 Å². The van der Waals surface area contributed by atoms with Gasteiger partial charge >= 0.3 is 51.4 Å². The van der Waals surface area contributed by atoms with Gasteiger partial charge in [0.25, 0.3) is 0 Å². The molecule has 1 aromatic rings. The number of hydrogen-bond acceptors (Lipinski definition) is 4. The molecule has 1 heterocycles. The maximum atomic E-state index is 5.22. The Morgan fingerprint density at radius 3 is 2.44 bits per heavy atom. The second kappa shape index (κ2) is 4.01. The largest absolute Gasteiger partial charge is 1.00 e. The minimum atomic E-state index is 0. The fourth-order valence-electron chi connectivity index (χ4n) is 0.290. The number of rotatable bonds is 0. The molecule has 7 heteroatoms. The fraction of sp³-hybridized carbons (Fsp3) is 0. The van der Waals surface area contributed by atoms with Crippen LogP contribution in [-0.4, -0.2) is 14.9 Å². The van der Waals surface area contributed by atoms with E-state index in [-0.39, 0.29) is 56.5 Å². The van der Waals surface area contributed by atoms with Gasteiger partial charge in [-0.15, -0.1) is 0 Å². The molecule has 1 aromatic heterocycles. The molecule has 0 unspecified atom stereocenters. The third kappa shape index (κ3) is 2.26. The smallest absolute Gasteiger partial charge is 0.738 e. The number of H-pyrrole nitrogens is 1. The normalized spacial score (nSPS) is 8.44. The van der Waals surface area contributed by atoms with Crippen molar-refractivity contribution in [2.24, 2.45) is 0 Å². The van der Waals surface area contributed by atoms with Gasteiger partial charge in [-0.05, 0) is 12.2 Å². The van der Waals surface area contributed by atoms with Crippen LogP contribution in [0.3, 0.4) is 0 Å². The molecule has 0 fully saturated rings. The first-order chi connectivity index (χ1) is 3.72. The second-order valence-electron chi connectivity index (χ2n) is 1.18. The Bertz CT molecular complexity index is 239. The molecule has 0 saturated carbocycles. The third-order valence-corrected chi connectivity index (χ3v) is 1.25. The summed E-state index contributed by atoms with van der Waals surface area (Å²) in [5.74, 6) is 5.22. The average molecular weight is 186 g/mol. The van der Waals surface area contributed by atoms with Crippen molar-refractivity contribution < 1.29 is 51.4 Å². The van der Waals surface area contributed by atoms with Gasteiger partial charge in [0.15, 0.2) is 0 Å². The zero-order valence-corrected chi connectivity index (χ0v) is 9.54. The standard InChI is InChI=1S/C2H4N4S2.K/c3-6-1(7)4-5-2(6)8;/h3H2,(H,4,7)(H,5,8);/q;+1/p-1. The Labute approximate surface area is 105 Å². The minimum Gasteiger partial charge on any atom is -0.738 e. The van der Waals surface area contributed by atoms with E-state index in [1.807, 2.05) is 0 Å². The zero-order valence-electron chi connectivity index (χ0n) is 4.79. The summed E-state index contributed by atoms with van der Waals surface area (Å²) < 4.78 is 1.47. The van der Waals surface area contributed by atoms with E-state index in [4.69, 9.17) is 5.84 Å². The monoisotopic (exact) mass is 186 g/mol. The van der Waals surface area contributed by atoms with Gasteiger partial charge in [-0.2, -0.15) is 5.10 Å². The van der Waals surface area contributed by atoms with Gasteiger partial charge in [0, 0.05) is 5.16 Å². The molecule has 4 nitrogen and oxygen atoms in total. The quantitative estimate of drug-likeness (QED) is 0.192. The molecule has 0 bridgehead atoms. The van der Waals surface area contributed by atoms with E-state index in [2.05, 4.69) is 35.0 Å². The summed E-state index contributed by atoms with van der Waals surface area (Å²) in [6.07, 6.45) is 0. The van der Waals surface area contributed by atoms with Crippen LogP contribution in [0.4, 0.5) is 0 Å². The minimum absolute atomic E-state index is 0. The maximum Gasteiger partial charge on any atom is 1.00 e. The van der Waals surface area contributed by atoms with Crippen molar-refractivity contribution in [3.8, 4) is 0 Å². The molecule has 0 radical (unpaired) electrons. The Balaban J connectivity index is 0.000000640. The topological polar surface area (TPSA) is 59.6 Å². The molecule has 0 spiro atoms. The molecule has 0 amide bonds.